The Morgan fingerprint density at radius 3 is 2.60 bits per heavy atom. The summed E-state index contributed by atoms with van der Waals surface area (Å²) in [7, 11) is 0. The summed E-state index contributed by atoms with van der Waals surface area (Å²) in [6, 6.07) is 9.55. The number of carbonyl (C=O) groups is 2. The zero-order valence-electron chi connectivity index (χ0n) is 15.2. The molecule has 0 spiro atoms. The van der Waals surface area contributed by atoms with Crippen LogP contribution >= 0.6 is 0 Å². The lowest BCUT2D eigenvalue weighted by atomic mass is 9.82. The molecule has 4 heteroatoms. The van der Waals surface area contributed by atoms with E-state index in [-0.39, 0.29) is 23.8 Å². The van der Waals surface area contributed by atoms with Crippen LogP contribution in [0, 0.1) is 11.3 Å². The summed E-state index contributed by atoms with van der Waals surface area (Å²) in [5.41, 5.74) is 0.370. The van der Waals surface area contributed by atoms with Crippen molar-refractivity contribution in [2.75, 3.05) is 6.73 Å². The van der Waals surface area contributed by atoms with E-state index in [2.05, 4.69) is 0 Å². The summed E-state index contributed by atoms with van der Waals surface area (Å²) in [6.07, 6.45) is 4.26. The maximum atomic E-state index is 13.3. The van der Waals surface area contributed by atoms with E-state index in [1.807, 2.05) is 51.1 Å². The maximum absolute atomic E-state index is 13.3. The minimum atomic E-state index is -0.850. The number of hydrogen-bond acceptors (Lipinski definition) is 3. The molecule has 1 aromatic carbocycles. The summed E-state index contributed by atoms with van der Waals surface area (Å²) in [5, 5.41) is 0. The lowest BCUT2D eigenvalue weighted by molar-refractivity contribution is -0.151. The number of ketones is 1. The van der Waals surface area contributed by atoms with E-state index in [1.54, 1.807) is 4.90 Å². The van der Waals surface area contributed by atoms with Crippen molar-refractivity contribution in [2.24, 2.45) is 11.3 Å². The van der Waals surface area contributed by atoms with Gasteiger partial charge in [0.2, 0.25) is 0 Å². The number of fused-ring (bicyclic) bond motifs is 1. The molecule has 2 aliphatic carbocycles. The Bertz CT molecular complexity index is 765. The van der Waals surface area contributed by atoms with Gasteiger partial charge in [-0.15, -0.1) is 0 Å². The van der Waals surface area contributed by atoms with Crippen molar-refractivity contribution in [1.82, 2.24) is 4.90 Å². The molecular weight excluding hydrogens is 314 g/mol. The Morgan fingerprint density at radius 1 is 1.28 bits per heavy atom. The molecule has 25 heavy (non-hydrogen) atoms. The van der Waals surface area contributed by atoms with Crippen molar-refractivity contribution in [3.63, 3.8) is 0 Å². The fourth-order valence-corrected chi connectivity index (χ4v) is 4.78. The number of nitrogens with zero attached hydrogens (tertiary/aromatic N) is 1. The van der Waals surface area contributed by atoms with Gasteiger partial charge in [-0.05, 0) is 51.5 Å². The predicted octanol–water partition coefficient (Wildman–Crippen LogP) is 3.77. The van der Waals surface area contributed by atoms with Crippen molar-refractivity contribution in [2.45, 2.75) is 52.0 Å². The Hall–Kier alpha value is -2.10. The van der Waals surface area contributed by atoms with E-state index >= 15 is 0 Å². The van der Waals surface area contributed by atoms with Crippen molar-refractivity contribution in [3.05, 3.63) is 41.7 Å². The van der Waals surface area contributed by atoms with Crippen LogP contribution in [0.25, 0.3) is 5.57 Å². The molecule has 0 aromatic heterocycles. The third-order valence-corrected chi connectivity index (χ3v) is 6.37. The number of benzene rings is 1. The zero-order chi connectivity index (χ0) is 17.8. The first-order chi connectivity index (χ1) is 11.9. The topological polar surface area (TPSA) is 46.6 Å². The number of allylic oxidation sites excluding steroid dienone is 1. The highest BCUT2D eigenvalue weighted by Gasteiger charge is 2.65. The number of ether oxygens (including phenoxy) is 1. The monoisotopic (exact) mass is 339 g/mol. The Balaban J connectivity index is 1.65. The fourth-order valence-electron chi connectivity index (χ4n) is 4.78. The van der Waals surface area contributed by atoms with Crippen molar-refractivity contribution < 1.29 is 14.3 Å². The minimum Gasteiger partial charge on any atom is -0.477 e. The largest absolute Gasteiger partial charge is 0.477 e. The van der Waals surface area contributed by atoms with Crippen LogP contribution in [0.5, 0.6) is 0 Å². The van der Waals surface area contributed by atoms with Gasteiger partial charge in [0.05, 0.1) is 11.1 Å². The van der Waals surface area contributed by atoms with Crippen LogP contribution in [0.3, 0.4) is 0 Å². The number of hydrogen-bond donors (Lipinski definition) is 0. The molecule has 2 unspecified atom stereocenters. The van der Waals surface area contributed by atoms with Gasteiger partial charge in [-0.2, -0.15) is 0 Å². The first kappa shape index (κ1) is 16.4. The van der Waals surface area contributed by atoms with Crippen molar-refractivity contribution in [1.29, 1.82) is 0 Å². The summed E-state index contributed by atoms with van der Waals surface area (Å²) in [6.45, 7) is 5.71. The van der Waals surface area contributed by atoms with Gasteiger partial charge >= 0.3 is 0 Å². The maximum Gasteiger partial charge on any atom is 0.261 e. The third kappa shape index (κ3) is 2.34. The molecule has 0 radical (unpaired) electrons. The Kier molecular flexibility index (Phi) is 3.57. The lowest BCUT2D eigenvalue weighted by Gasteiger charge is -2.42. The van der Waals surface area contributed by atoms with E-state index in [9.17, 15) is 9.59 Å². The molecule has 0 saturated heterocycles. The number of carbonyl (C=O) groups excluding carboxylic acids is 2. The van der Waals surface area contributed by atoms with Crippen molar-refractivity contribution in [3.8, 4) is 0 Å². The second-order valence-corrected chi connectivity index (χ2v) is 8.14. The van der Waals surface area contributed by atoms with E-state index < -0.39 is 5.54 Å². The van der Waals surface area contributed by atoms with Gasteiger partial charge < -0.3 is 4.74 Å². The first-order valence-electron chi connectivity index (χ1n) is 9.14. The fraction of sp³-hybridized carbons (Fsp3) is 0.524. The molecular formula is C21H25NO3. The van der Waals surface area contributed by atoms with Crippen LogP contribution in [-0.4, -0.2) is 28.9 Å². The van der Waals surface area contributed by atoms with E-state index in [4.69, 9.17) is 4.74 Å². The standard InChI is InChI=1S/C21H25NO3/c1-14-17(15-8-5-4-6-9-15)18(23)22(13-25-14)20(2,3)19(24)21-11-7-10-16(21)12-21/h4-6,8-9,16H,7,10-13H2,1-3H3. The molecule has 0 bridgehead atoms. The molecule has 2 saturated carbocycles. The first-order valence-corrected chi connectivity index (χ1v) is 9.14. The van der Waals surface area contributed by atoms with Gasteiger partial charge in [0.1, 0.15) is 5.76 Å². The molecule has 1 amide bonds. The summed E-state index contributed by atoms with van der Waals surface area (Å²) in [5.74, 6) is 1.26. The van der Waals surface area contributed by atoms with Crippen LogP contribution in [0.1, 0.15) is 52.0 Å². The minimum absolute atomic E-state index is 0.111. The second-order valence-electron chi connectivity index (χ2n) is 8.14. The summed E-state index contributed by atoms with van der Waals surface area (Å²) in [4.78, 5) is 28.2. The SMILES string of the molecule is CC1=C(c2ccccc2)C(=O)N(C(C)(C)C(=O)C23CCCC2C3)CO1. The van der Waals surface area contributed by atoms with Gasteiger partial charge in [0.15, 0.2) is 12.5 Å². The van der Waals surface area contributed by atoms with Gasteiger partial charge in [-0.1, -0.05) is 36.8 Å². The highest BCUT2D eigenvalue weighted by atomic mass is 16.5. The zero-order valence-corrected chi connectivity index (χ0v) is 15.2. The third-order valence-electron chi connectivity index (χ3n) is 6.37. The average Bonchev–Trinajstić information content (AvgIpc) is 3.16. The van der Waals surface area contributed by atoms with Crippen LogP contribution in [0.2, 0.25) is 0 Å². The molecule has 3 aliphatic rings. The van der Waals surface area contributed by atoms with Gasteiger partial charge in [-0.25, -0.2) is 0 Å². The van der Waals surface area contributed by atoms with Gasteiger partial charge in [-0.3, -0.25) is 14.5 Å². The Labute approximate surface area is 148 Å². The van der Waals surface area contributed by atoms with E-state index in [0.29, 0.717) is 17.3 Å². The number of rotatable bonds is 4. The molecule has 1 aliphatic heterocycles. The number of Topliss-reactive ketones (excluding diaryl/α,β-unsaturated/α-hetero) is 1. The normalized spacial score (nSPS) is 28.7. The van der Waals surface area contributed by atoms with E-state index in [0.717, 1.165) is 31.2 Å². The quantitative estimate of drug-likeness (QED) is 0.839. The number of amides is 1. The van der Waals surface area contributed by atoms with Crippen LogP contribution in [-0.2, 0) is 14.3 Å². The molecule has 2 atom stereocenters. The molecule has 132 valence electrons. The molecule has 4 rings (SSSR count). The summed E-state index contributed by atoms with van der Waals surface area (Å²) >= 11 is 0. The second kappa shape index (κ2) is 5.45. The lowest BCUT2D eigenvalue weighted by Crippen LogP contribution is -2.57. The molecule has 1 aromatic rings. The van der Waals surface area contributed by atoms with Gasteiger partial charge in [0, 0.05) is 5.41 Å². The average molecular weight is 339 g/mol. The van der Waals surface area contributed by atoms with Crippen LogP contribution < -0.4 is 0 Å². The molecule has 4 nitrogen and oxygen atoms in total. The summed E-state index contributed by atoms with van der Waals surface area (Å²) < 4.78 is 5.81. The van der Waals surface area contributed by atoms with Crippen LogP contribution in [0.4, 0.5) is 0 Å². The van der Waals surface area contributed by atoms with Gasteiger partial charge in [0.25, 0.3) is 5.91 Å². The molecule has 2 fully saturated rings. The molecule has 0 N–H and O–H groups in total. The van der Waals surface area contributed by atoms with Crippen molar-refractivity contribution >= 4 is 17.3 Å². The molecule has 1 heterocycles. The Morgan fingerprint density at radius 2 is 2.00 bits per heavy atom. The van der Waals surface area contributed by atoms with E-state index in [1.165, 1.54) is 0 Å². The highest BCUT2D eigenvalue weighted by Crippen LogP contribution is 2.65. The predicted molar refractivity (Wildman–Crippen MR) is 95.3 cm³/mol. The highest BCUT2D eigenvalue weighted by molar-refractivity contribution is 6.21. The van der Waals surface area contributed by atoms with Crippen LogP contribution in [0.15, 0.2) is 36.1 Å². The smallest absolute Gasteiger partial charge is 0.261 e.